The molecule has 0 aliphatic rings. The third-order valence-corrected chi connectivity index (χ3v) is 2.48. The molecule has 1 aromatic rings. The minimum absolute atomic E-state index is 0.0241. The Kier molecular flexibility index (Phi) is 3.52. The Bertz CT molecular complexity index is 315. The first-order valence-electron chi connectivity index (χ1n) is 3.85. The zero-order valence-electron chi connectivity index (χ0n) is 7.41. The lowest BCUT2D eigenvalue weighted by Crippen LogP contribution is -2.23. The molecule has 0 aromatic carbocycles. The van der Waals surface area contributed by atoms with Gasteiger partial charge in [0.1, 0.15) is 0 Å². The van der Waals surface area contributed by atoms with Crippen LogP contribution >= 0.6 is 22.9 Å². The van der Waals surface area contributed by atoms with Crippen LogP contribution in [0.1, 0.15) is 13.8 Å². The maximum atomic E-state index is 5.62. The molecule has 0 spiro atoms. The summed E-state index contributed by atoms with van der Waals surface area (Å²) in [7, 11) is 0. The molecule has 1 heterocycles. The van der Waals surface area contributed by atoms with E-state index < -0.39 is 0 Å². The minimum atomic E-state index is -0.0241. The van der Waals surface area contributed by atoms with E-state index in [1.807, 2.05) is 13.8 Å². The van der Waals surface area contributed by atoms with Crippen LogP contribution in [0, 0.1) is 18.3 Å². The summed E-state index contributed by atoms with van der Waals surface area (Å²) in [6.45, 7) is 4.08. The van der Waals surface area contributed by atoms with Crippen LogP contribution in [0.2, 0.25) is 4.47 Å². The molecule has 0 radical (unpaired) electrons. The molecule has 0 saturated carbocycles. The van der Waals surface area contributed by atoms with Crippen LogP contribution in [0.4, 0.5) is 5.13 Å². The second kappa shape index (κ2) is 4.45. The van der Waals surface area contributed by atoms with Crippen LogP contribution in [-0.2, 0) is 0 Å². The highest BCUT2D eigenvalue weighted by atomic mass is 35.5. The summed E-state index contributed by atoms with van der Waals surface area (Å²) in [6.07, 6.45) is 5.34. The van der Waals surface area contributed by atoms with Gasteiger partial charge in [-0.2, -0.15) is 0 Å². The molecule has 0 aliphatic heterocycles. The number of hydrogen-bond acceptors (Lipinski definition) is 4. The Morgan fingerprint density at radius 2 is 2.23 bits per heavy atom. The molecule has 1 atom stereocenters. The summed E-state index contributed by atoms with van der Waals surface area (Å²) >= 11 is 6.91. The number of aromatic nitrogens is 2. The summed E-state index contributed by atoms with van der Waals surface area (Å²) < 4.78 is 0.419. The van der Waals surface area contributed by atoms with Gasteiger partial charge < -0.3 is 5.32 Å². The van der Waals surface area contributed by atoms with Crippen molar-refractivity contribution < 1.29 is 0 Å². The number of rotatable bonds is 3. The van der Waals surface area contributed by atoms with Gasteiger partial charge in [-0.15, -0.1) is 16.6 Å². The second-order valence-corrected chi connectivity index (χ2v) is 4.45. The van der Waals surface area contributed by atoms with Gasteiger partial charge in [-0.05, 0) is 17.5 Å². The average Bonchev–Trinajstić information content (AvgIpc) is 2.46. The lowest BCUT2D eigenvalue weighted by atomic mass is 10.1. The van der Waals surface area contributed by atoms with E-state index >= 15 is 0 Å². The molecule has 0 saturated heterocycles. The zero-order valence-corrected chi connectivity index (χ0v) is 8.99. The van der Waals surface area contributed by atoms with E-state index in [-0.39, 0.29) is 6.04 Å². The molecular formula is C8H10ClN3S. The van der Waals surface area contributed by atoms with Crippen molar-refractivity contribution in [3.8, 4) is 12.3 Å². The van der Waals surface area contributed by atoms with Crippen molar-refractivity contribution in [1.82, 2.24) is 10.2 Å². The molecule has 1 rings (SSSR count). The average molecular weight is 216 g/mol. The van der Waals surface area contributed by atoms with Gasteiger partial charge in [0.15, 0.2) is 0 Å². The zero-order chi connectivity index (χ0) is 9.84. The van der Waals surface area contributed by atoms with E-state index in [2.05, 4.69) is 21.4 Å². The standard InChI is InChI=1S/C8H10ClN3S/c1-4-6(5(2)3)10-8-12-11-7(9)13-8/h1,5-6H,2-3H3,(H,10,12)/t6-/m1/s1. The predicted octanol–water partition coefficient (Wildman–Crippen LogP) is 2.26. The van der Waals surface area contributed by atoms with E-state index in [0.29, 0.717) is 15.5 Å². The van der Waals surface area contributed by atoms with E-state index in [0.717, 1.165) is 0 Å². The number of anilines is 1. The van der Waals surface area contributed by atoms with Gasteiger partial charge >= 0.3 is 0 Å². The SMILES string of the molecule is C#C[C@@H](Nc1nnc(Cl)s1)C(C)C. The normalized spacial score (nSPS) is 12.5. The Morgan fingerprint density at radius 1 is 1.54 bits per heavy atom. The molecule has 1 aromatic heterocycles. The lowest BCUT2D eigenvalue weighted by molar-refractivity contribution is 0.613. The molecule has 0 aliphatic carbocycles. The smallest absolute Gasteiger partial charge is 0.208 e. The molecule has 0 unspecified atom stereocenters. The second-order valence-electron chi connectivity index (χ2n) is 2.89. The number of hydrogen-bond donors (Lipinski definition) is 1. The summed E-state index contributed by atoms with van der Waals surface area (Å²) in [5.74, 6) is 3.00. The van der Waals surface area contributed by atoms with Crippen molar-refractivity contribution in [2.45, 2.75) is 19.9 Å². The van der Waals surface area contributed by atoms with Gasteiger partial charge in [-0.3, -0.25) is 0 Å². The Morgan fingerprint density at radius 3 is 2.62 bits per heavy atom. The van der Waals surface area contributed by atoms with Gasteiger partial charge in [-0.25, -0.2) is 0 Å². The highest BCUT2D eigenvalue weighted by Crippen LogP contribution is 2.21. The topological polar surface area (TPSA) is 37.8 Å². The predicted molar refractivity (Wildman–Crippen MR) is 56.0 cm³/mol. The van der Waals surface area contributed by atoms with Crippen LogP contribution in [0.25, 0.3) is 0 Å². The van der Waals surface area contributed by atoms with Gasteiger partial charge in [0, 0.05) is 0 Å². The van der Waals surface area contributed by atoms with Gasteiger partial charge in [0.05, 0.1) is 6.04 Å². The Balaban J connectivity index is 2.63. The molecule has 0 bridgehead atoms. The quantitative estimate of drug-likeness (QED) is 0.787. The third-order valence-electron chi connectivity index (χ3n) is 1.53. The van der Waals surface area contributed by atoms with Crippen LogP contribution in [0.15, 0.2) is 0 Å². The molecule has 0 fully saturated rings. The van der Waals surface area contributed by atoms with Crippen LogP contribution in [0.3, 0.4) is 0 Å². The van der Waals surface area contributed by atoms with Crippen LogP contribution in [0.5, 0.6) is 0 Å². The fourth-order valence-electron chi connectivity index (χ4n) is 0.797. The number of terminal acetylenes is 1. The monoisotopic (exact) mass is 215 g/mol. The minimum Gasteiger partial charge on any atom is -0.346 e. The maximum Gasteiger partial charge on any atom is 0.208 e. The first kappa shape index (κ1) is 10.3. The largest absolute Gasteiger partial charge is 0.346 e. The number of nitrogens with one attached hydrogen (secondary N) is 1. The van der Waals surface area contributed by atoms with E-state index in [1.54, 1.807) is 0 Å². The summed E-state index contributed by atoms with van der Waals surface area (Å²) in [4.78, 5) is 0. The van der Waals surface area contributed by atoms with Gasteiger partial charge in [-0.1, -0.05) is 31.1 Å². The maximum absolute atomic E-state index is 5.62. The Labute approximate surface area is 86.5 Å². The van der Waals surface area contributed by atoms with Crippen molar-refractivity contribution >= 4 is 28.1 Å². The first-order chi connectivity index (χ1) is 6.13. The molecule has 70 valence electrons. The summed E-state index contributed by atoms with van der Waals surface area (Å²) in [6, 6.07) is -0.0241. The molecule has 13 heavy (non-hydrogen) atoms. The Hall–Kier alpha value is -0.790. The fourth-order valence-corrected chi connectivity index (χ4v) is 1.56. The molecule has 0 amide bonds. The molecule has 1 N–H and O–H groups in total. The van der Waals surface area contributed by atoms with E-state index in [4.69, 9.17) is 18.0 Å². The first-order valence-corrected chi connectivity index (χ1v) is 5.04. The van der Waals surface area contributed by atoms with Crippen LogP contribution in [-0.4, -0.2) is 16.2 Å². The van der Waals surface area contributed by atoms with Crippen molar-refractivity contribution in [2.75, 3.05) is 5.32 Å². The molecule has 3 nitrogen and oxygen atoms in total. The highest BCUT2D eigenvalue weighted by molar-refractivity contribution is 7.19. The van der Waals surface area contributed by atoms with Crippen molar-refractivity contribution in [1.29, 1.82) is 0 Å². The molecule has 5 heteroatoms. The summed E-state index contributed by atoms with van der Waals surface area (Å²) in [5.41, 5.74) is 0. The van der Waals surface area contributed by atoms with Crippen molar-refractivity contribution in [3.63, 3.8) is 0 Å². The number of nitrogens with zero attached hydrogens (tertiary/aromatic N) is 2. The van der Waals surface area contributed by atoms with E-state index in [9.17, 15) is 0 Å². The van der Waals surface area contributed by atoms with Crippen LogP contribution < -0.4 is 5.32 Å². The number of halogens is 1. The summed E-state index contributed by atoms with van der Waals surface area (Å²) in [5, 5.41) is 11.2. The third kappa shape index (κ3) is 2.87. The van der Waals surface area contributed by atoms with E-state index in [1.165, 1.54) is 11.3 Å². The van der Waals surface area contributed by atoms with Crippen molar-refractivity contribution in [3.05, 3.63) is 4.47 Å². The van der Waals surface area contributed by atoms with Crippen molar-refractivity contribution in [2.24, 2.45) is 5.92 Å². The molecular weight excluding hydrogens is 206 g/mol. The highest BCUT2D eigenvalue weighted by Gasteiger charge is 2.11. The van der Waals surface area contributed by atoms with Gasteiger partial charge in [0.25, 0.3) is 0 Å². The lowest BCUT2D eigenvalue weighted by Gasteiger charge is -2.14. The van der Waals surface area contributed by atoms with Gasteiger partial charge in [0.2, 0.25) is 9.60 Å². The fraction of sp³-hybridized carbons (Fsp3) is 0.500.